The molecule has 1 rings (SSSR count). The Bertz CT molecular complexity index is 159. The summed E-state index contributed by atoms with van der Waals surface area (Å²) >= 11 is 0. The average molecular weight is 183 g/mol. The number of alkyl halides is 3. The molecule has 5 heteroatoms. The second kappa shape index (κ2) is 3.22. The van der Waals surface area contributed by atoms with Gasteiger partial charge in [-0.05, 0) is 26.4 Å². The quantitative estimate of drug-likeness (QED) is 0.655. The fraction of sp³-hybridized carbons (Fsp3) is 1.00. The van der Waals surface area contributed by atoms with Crippen LogP contribution in [0.3, 0.4) is 0 Å². The van der Waals surface area contributed by atoms with Crippen molar-refractivity contribution in [3.63, 3.8) is 0 Å². The molecule has 1 saturated heterocycles. The molecule has 0 aromatic rings. The standard InChI is InChI=1S/C7H12F3NO/c1-11-4-2-3-5(11)6(12)7(8,9)10/h5-6,12H,2-4H2,1H3/t5-,6?/m0/s1. The number of likely N-dealkylation sites (N-methyl/N-ethyl adjacent to an activating group) is 1. The summed E-state index contributed by atoms with van der Waals surface area (Å²) < 4.78 is 36.0. The number of aliphatic hydroxyl groups is 1. The summed E-state index contributed by atoms with van der Waals surface area (Å²) in [5.41, 5.74) is 0. The van der Waals surface area contributed by atoms with E-state index >= 15 is 0 Å². The molecule has 0 aliphatic carbocycles. The zero-order valence-corrected chi connectivity index (χ0v) is 6.80. The highest BCUT2D eigenvalue weighted by Gasteiger charge is 2.45. The van der Waals surface area contributed by atoms with Crippen LogP contribution in [0.5, 0.6) is 0 Å². The summed E-state index contributed by atoms with van der Waals surface area (Å²) in [6, 6.07) is -0.745. The van der Waals surface area contributed by atoms with Gasteiger partial charge in [-0.3, -0.25) is 0 Å². The monoisotopic (exact) mass is 183 g/mol. The lowest BCUT2D eigenvalue weighted by Gasteiger charge is -2.26. The van der Waals surface area contributed by atoms with Crippen LogP contribution in [0.4, 0.5) is 13.2 Å². The second-order valence-electron chi connectivity index (χ2n) is 3.18. The van der Waals surface area contributed by atoms with Gasteiger partial charge in [0.25, 0.3) is 0 Å². The van der Waals surface area contributed by atoms with Gasteiger partial charge in [-0.15, -0.1) is 0 Å². The fourth-order valence-corrected chi connectivity index (χ4v) is 1.55. The maximum atomic E-state index is 12.0. The molecule has 0 aromatic heterocycles. The molecule has 0 bridgehead atoms. The van der Waals surface area contributed by atoms with Crippen molar-refractivity contribution >= 4 is 0 Å². The van der Waals surface area contributed by atoms with Crippen LogP contribution in [0.1, 0.15) is 12.8 Å². The van der Waals surface area contributed by atoms with Crippen molar-refractivity contribution in [1.82, 2.24) is 4.90 Å². The topological polar surface area (TPSA) is 23.5 Å². The zero-order valence-electron chi connectivity index (χ0n) is 6.80. The third-order valence-electron chi connectivity index (χ3n) is 2.28. The highest BCUT2D eigenvalue weighted by atomic mass is 19.4. The van der Waals surface area contributed by atoms with E-state index in [4.69, 9.17) is 5.11 Å². The molecule has 12 heavy (non-hydrogen) atoms. The molecule has 72 valence electrons. The van der Waals surface area contributed by atoms with Crippen molar-refractivity contribution < 1.29 is 18.3 Å². The van der Waals surface area contributed by atoms with Crippen molar-refractivity contribution in [2.24, 2.45) is 0 Å². The van der Waals surface area contributed by atoms with Crippen LogP contribution in [0.25, 0.3) is 0 Å². The van der Waals surface area contributed by atoms with Gasteiger partial charge in [-0.2, -0.15) is 13.2 Å². The molecule has 0 aromatic carbocycles. The molecule has 0 saturated carbocycles. The van der Waals surface area contributed by atoms with Gasteiger partial charge in [0.1, 0.15) is 0 Å². The molecule has 1 unspecified atom stereocenters. The SMILES string of the molecule is CN1CCC[C@H]1C(O)C(F)(F)F. The van der Waals surface area contributed by atoms with Gasteiger partial charge in [-0.25, -0.2) is 0 Å². The number of rotatable bonds is 1. The van der Waals surface area contributed by atoms with Crippen molar-refractivity contribution in [2.45, 2.75) is 31.2 Å². The van der Waals surface area contributed by atoms with E-state index in [0.29, 0.717) is 13.0 Å². The molecule has 0 spiro atoms. The lowest BCUT2D eigenvalue weighted by Crippen LogP contribution is -2.45. The fourth-order valence-electron chi connectivity index (χ4n) is 1.55. The smallest absolute Gasteiger partial charge is 0.382 e. The first-order valence-electron chi connectivity index (χ1n) is 3.88. The van der Waals surface area contributed by atoms with Crippen LogP contribution in [0.2, 0.25) is 0 Å². The minimum atomic E-state index is -4.48. The normalized spacial score (nSPS) is 29.2. The molecule has 1 N–H and O–H groups in total. The maximum Gasteiger partial charge on any atom is 0.415 e. The molecule has 0 radical (unpaired) electrons. The van der Waals surface area contributed by atoms with Crippen LogP contribution in [0, 0.1) is 0 Å². The van der Waals surface area contributed by atoms with Gasteiger partial charge >= 0.3 is 6.18 Å². The number of likely N-dealkylation sites (tertiary alicyclic amines) is 1. The van der Waals surface area contributed by atoms with Crippen LogP contribution in [-0.4, -0.2) is 41.9 Å². The van der Waals surface area contributed by atoms with E-state index in [0.717, 1.165) is 6.42 Å². The number of hydrogen-bond acceptors (Lipinski definition) is 2. The minimum absolute atomic E-state index is 0.428. The van der Waals surface area contributed by atoms with Crippen molar-refractivity contribution in [3.05, 3.63) is 0 Å². The van der Waals surface area contributed by atoms with Gasteiger partial charge < -0.3 is 10.0 Å². The Labute approximate surface area is 69.0 Å². The highest BCUT2D eigenvalue weighted by Crippen LogP contribution is 2.29. The molecule has 2 nitrogen and oxygen atoms in total. The number of hydrogen-bond donors (Lipinski definition) is 1. The lowest BCUT2D eigenvalue weighted by atomic mass is 10.1. The second-order valence-corrected chi connectivity index (χ2v) is 3.18. The van der Waals surface area contributed by atoms with Gasteiger partial charge in [0, 0.05) is 6.04 Å². The Morgan fingerprint density at radius 1 is 1.50 bits per heavy atom. The Kier molecular flexibility index (Phi) is 2.63. The first-order valence-corrected chi connectivity index (χ1v) is 3.88. The van der Waals surface area contributed by atoms with Crippen LogP contribution >= 0.6 is 0 Å². The summed E-state index contributed by atoms with van der Waals surface area (Å²) in [7, 11) is 1.60. The number of aliphatic hydroxyl groups excluding tert-OH is 1. The number of halogens is 3. The van der Waals surface area contributed by atoms with E-state index in [1.165, 1.54) is 0 Å². The van der Waals surface area contributed by atoms with Crippen LogP contribution in [-0.2, 0) is 0 Å². The summed E-state index contributed by atoms with van der Waals surface area (Å²) in [6.45, 7) is 0.637. The Morgan fingerprint density at radius 3 is 2.42 bits per heavy atom. The van der Waals surface area contributed by atoms with Gasteiger partial charge in [0.15, 0.2) is 6.10 Å². The molecular formula is C7H12F3NO. The molecule has 1 fully saturated rings. The highest BCUT2D eigenvalue weighted by molar-refractivity contribution is 4.86. The largest absolute Gasteiger partial charge is 0.415 e. The molecule has 2 atom stereocenters. The summed E-state index contributed by atoms with van der Waals surface area (Å²) in [5.74, 6) is 0. The third-order valence-corrected chi connectivity index (χ3v) is 2.28. The first-order chi connectivity index (χ1) is 5.43. The van der Waals surface area contributed by atoms with Crippen molar-refractivity contribution in [1.29, 1.82) is 0 Å². The Morgan fingerprint density at radius 2 is 2.08 bits per heavy atom. The lowest BCUT2D eigenvalue weighted by molar-refractivity contribution is -0.218. The summed E-state index contributed by atoms with van der Waals surface area (Å²) in [4.78, 5) is 1.55. The minimum Gasteiger partial charge on any atom is -0.382 e. The summed E-state index contributed by atoms with van der Waals surface area (Å²) in [5, 5.41) is 8.89. The average Bonchev–Trinajstić information content (AvgIpc) is 2.31. The maximum absolute atomic E-state index is 12.0. The molecule has 1 heterocycles. The van der Waals surface area contributed by atoms with E-state index < -0.39 is 18.3 Å². The van der Waals surface area contributed by atoms with Crippen molar-refractivity contribution in [3.8, 4) is 0 Å². The van der Waals surface area contributed by atoms with Crippen LogP contribution < -0.4 is 0 Å². The predicted octanol–water partition coefficient (Wildman–Crippen LogP) is 1.00. The van der Waals surface area contributed by atoms with E-state index in [2.05, 4.69) is 0 Å². The van der Waals surface area contributed by atoms with Gasteiger partial charge in [-0.1, -0.05) is 0 Å². The van der Waals surface area contributed by atoms with E-state index in [1.54, 1.807) is 11.9 Å². The van der Waals surface area contributed by atoms with Gasteiger partial charge in [0.2, 0.25) is 0 Å². The molecule has 1 aliphatic rings. The Balaban J connectivity index is 2.57. The third kappa shape index (κ3) is 1.90. The first kappa shape index (κ1) is 9.80. The van der Waals surface area contributed by atoms with E-state index in [-0.39, 0.29) is 0 Å². The van der Waals surface area contributed by atoms with Crippen molar-refractivity contribution in [2.75, 3.05) is 13.6 Å². The predicted molar refractivity (Wildman–Crippen MR) is 37.7 cm³/mol. The molecule has 0 amide bonds. The zero-order chi connectivity index (χ0) is 9.35. The molecule has 1 aliphatic heterocycles. The number of nitrogens with zero attached hydrogens (tertiary/aromatic N) is 1. The van der Waals surface area contributed by atoms with Gasteiger partial charge in [0.05, 0.1) is 0 Å². The summed E-state index contributed by atoms with van der Waals surface area (Å²) in [6.07, 6.45) is -5.51. The van der Waals surface area contributed by atoms with Crippen LogP contribution in [0.15, 0.2) is 0 Å². The Hall–Kier alpha value is -0.290. The van der Waals surface area contributed by atoms with E-state index in [9.17, 15) is 13.2 Å². The molecular weight excluding hydrogens is 171 g/mol. The van der Waals surface area contributed by atoms with E-state index in [1.807, 2.05) is 0 Å².